The molecule has 2 saturated carbocycles. The molecule has 21 heavy (non-hydrogen) atoms. The third kappa shape index (κ3) is 3.35. The first-order chi connectivity index (χ1) is 10.1. The maximum Gasteiger partial charge on any atom is 0.306 e. The number of benzene rings is 1. The fraction of sp³-hybridized carbons (Fsp3) is 0.500. The van der Waals surface area contributed by atoms with Crippen molar-refractivity contribution in [1.82, 2.24) is 5.32 Å². The number of para-hydroxylation sites is 1. The first kappa shape index (κ1) is 13.9. The molecule has 1 amide bonds. The molecule has 0 unspecified atom stereocenters. The first-order valence-electron chi connectivity index (χ1n) is 7.39. The highest BCUT2D eigenvalue weighted by Gasteiger charge is 2.35. The number of carbonyl (C=O) groups is 2. The number of ether oxygens (including phenoxy) is 1. The Morgan fingerprint density at radius 2 is 1.95 bits per heavy atom. The average Bonchev–Trinajstić information content (AvgIpc) is 3.24. The molecule has 2 fully saturated rings. The second-order valence-corrected chi connectivity index (χ2v) is 5.93. The summed E-state index contributed by atoms with van der Waals surface area (Å²) in [4.78, 5) is 23.0. The molecular formula is C16H19NO4. The first-order valence-corrected chi connectivity index (χ1v) is 7.39. The van der Waals surface area contributed by atoms with Gasteiger partial charge >= 0.3 is 5.97 Å². The van der Waals surface area contributed by atoms with E-state index in [0.29, 0.717) is 36.7 Å². The van der Waals surface area contributed by atoms with Crippen molar-refractivity contribution in [3.63, 3.8) is 0 Å². The highest BCUT2D eigenvalue weighted by atomic mass is 16.5. The number of carbonyl (C=O) groups excluding carboxylic acids is 1. The molecule has 0 aliphatic heterocycles. The molecule has 2 aliphatic rings. The normalized spacial score (nSPS) is 24.0. The fourth-order valence-corrected chi connectivity index (χ4v) is 2.47. The van der Waals surface area contributed by atoms with Crippen LogP contribution < -0.4 is 10.1 Å². The minimum atomic E-state index is -0.784. The molecule has 5 nitrogen and oxygen atoms in total. The van der Waals surface area contributed by atoms with Gasteiger partial charge in [-0.15, -0.1) is 0 Å². The SMILES string of the molecule is O=C(NC1CC(C(=O)O)C1)c1ccccc1OCC1CC1. The van der Waals surface area contributed by atoms with E-state index in [9.17, 15) is 9.59 Å². The summed E-state index contributed by atoms with van der Waals surface area (Å²) >= 11 is 0. The van der Waals surface area contributed by atoms with Crippen LogP contribution in [0.2, 0.25) is 0 Å². The molecule has 1 aromatic rings. The van der Waals surface area contributed by atoms with Crippen LogP contribution in [0.5, 0.6) is 5.75 Å². The second kappa shape index (κ2) is 5.76. The third-order valence-corrected chi connectivity index (χ3v) is 4.13. The van der Waals surface area contributed by atoms with Gasteiger partial charge in [0.25, 0.3) is 5.91 Å². The summed E-state index contributed by atoms with van der Waals surface area (Å²) in [7, 11) is 0. The van der Waals surface area contributed by atoms with E-state index < -0.39 is 5.97 Å². The highest BCUT2D eigenvalue weighted by molar-refractivity contribution is 5.97. The summed E-state index contributed by atoms with van der Waals surface area (Å²) in [5.74, 6) is -0.0550. The van der Waals surface area contributed by atoms with Crippen LogP contribution in [0, 0.1) is 11.8 Å². The molecular weight excluding hydrogens is 270 g/mol. The van der Waals surface area contributed by atoms with Gasteiger partial charge in [-0.1, -0.05) is 12.1 Å². The number of hydrogen-bond acceptors (Lipinski definition) is 3. The molecule has 112 valence electrons. The van der Waals surface area contributed by atoms with E-state index in [2.05, 4.69) is 5.32 Å². The predicted octanol–water partition coefficient (Wildman–Crippen LogP) is 2.07. The van der Waals surface area contributed by atoms with E-state index in [1.54, 1.807) is 18.2 Å². The predicted molar refractivity (Wildman–Crippen MR) is 76.3 cm³/mol. The molecule has 5 heteroatoms. The number of nitrogens with one attached hydrogen (secondary N) is 1. The van der Waals surface area contributed by atoms with Gasteiger partial charge in [-0.3, -0.25) is 9.59 Å². The molecule has 0 bridgehead atoms. The van der Waals surface area contributed by atoms with Crippen molar-refractivity contribution >= 4 is 11.9 Å². The summed E-state index contributed by atoms with van der Waals surface area (Å²) in [5, 5.41) is 11.7. The van der Waals surface area contributed by atoms with Crippen LogP contribution in [-0.4, -0.2) is 29.6 Å². The van der Waals surface area contributed by atoms with Gasteiger partial charge in [-0.2, -0.15) is 0 Å². The maximum atomic E-state index is 12.3. The summed E-state index contributed by atoms with van der Waals surface area (Å²) in [6, 6.07) is 7.15. The lowest BCUT2D eigenvalue weighted by Crippen LogP contribution is -2.46. The van der Waals surface area contributed by atoms with E-state index in [1.807, 2.05) is 6.07 Å². The zero-order valence-corrected chi connectivity index (χ0v) is 11.7. The van der Waals surface area contributed by atoms with E-state index in [-0.39, 0.29) is 17.9 Å². The van der Waals surface area contributed by atoms with Crippen LogP contribution >= 0.6 is 0 Å². The molecule has 0 saturated heterocycles. The number of hydrogen-bond donors (Lipinski definition) is 2. The number of amides is 1. The monoisotopic (exact) mass is 289 g/mol. The van der Waals surface area contributed by atoms with Gasteiger partial charge in [0.2, 0.25) is 0 Å². The van der Waals surface area contributed by atoms with Crippen molar-refractivity contribution in [2.45, 2.75) is 31.7 Å². The minimum Gasteiger partial charge on any atom is -0.492 e. The van der Waals surface area contributed by atoms with Gasteiger partial charge in [0, 0.05) is 6.04 Å². The van der Waals surface area contributed by atoms with Crippen LogP contribution in [0.1, 0.15) is 36.0 Å². The molecule has 2 aliphatic carbocycles. The molecule has 0 spiro atoms. The van der Waals surface area contributed by atoms with Crippen LogP contribution in [0.15, 0.2) is 24.3 Å². The average molecular weight is 289 g/mol. The topological polar surface area (TPSA) is 75.6 Å². The lowest BCUT2D eigenvalue weighted by Gasteiger charge is -2.32. The van der Waals surface area contributed by atoms with E-state index in [4.69, 9.17) is 9.84 Å². The summed E-state index contributed by atoms with van der Waals surface area (Å²) < 4.78 is 5.72. The number of rotatable bonds is 6. The molecule has 1 aromatic carbocycles. The second-order valence-electron chi connectivity index (χ2n) is 5.93. The summed E-state index contributed by atoms with van der Waals surface area (Å²) in [6.07, 6.45) is 3.42. The minimum absolute atomic E-state index is 0.0462. The Bertz CT molecular complexity index is 547. The third-order valence-electron chi connectivity index (χ3n) is 4.13. The molecule has 0 radical (unpaired) electrons. The Kier molecular flexibility index (Phi) is 3.82. The van der Waals surface area contributed by atoms with Crippen molar-refractivity contribution in [1.29, 1.82) is 0 Å². The molecule has 0 atom stereocenters. The van der Waals surface area contributed by atoms with E-state index in [1.165, 1.54) is 12.8 Å². The van der Waals surface area contributed by atoms with Crippen LogP contribution in [0.4, 0.5) is 0 Å². The smallest absolute Gasteiger partial charge is 0.306 e. The number of carboxylic acids is 1. The fourth-order valence-electron chi connectivity index (χ4n) is 2.47. The molecule has 0 aromatic heterocycles. The van der Waals surface area contributed by atoms with Crippen LogP contribution in [0.25, 0.3) is 0 Å². The van der Waals surface area contributed by atoms with Gasteiger partial charge < -0.3 is 15.2 Å². The molecule has 3 rings (SSSR count). The van der Waals surface area contributed by atoms with Crippen molar-refractivity contribution in [2.24, 2.45) is 11.8 Å². The van der Waals surface area contributed by atoms with Gasteiger partial charge in [0.1, 0.15) is 5.75 Å². The van der Waals surface area contributed by atoms with Gasteiger partial charge in [-0.25, -0.2) is 0 Å². The summed E-state index contributed by atoms with van der Waals surface area (Å²) in [6.45, 7) is 0.662. The quantitative estimate of drug-likeness (QED) is 0.840. The number of carboxylic acid groups (broad SMARTS) is 1. The Morgan fingerprint density at radius 3 is 2.62 bits per heavy atom. The maximum absolute atomic E-state index is 12.3. The Balaban J connectivity index is 1.57. The Morgan fingerprint density at radius 1 is 1.24 bits per heavy atom. The largest absolute Gasteiger partial charge is 0.492 e. The van der Waals surface area contributed by atoms with E-state index in [0.717, 1.165) is 0 Å². The summed E-state index contributed by atoms with van der Waals surface area (Å²) in [5.41, 5.74) is 0.525. The Labute approximate surface area is 123 Å². The molecule has 2 N–H and O–H groups in total. The Hall–Kier alpha value is -2.04. The van der Waals surface area contributed by atoms with Gasteiger partial charge in [0.15, 0.2) is 0 Å². The lowest BCUT2D eigenvalue weighted by atomic mass is 9.80. The zero-order chi connectivity index (χ0) is 14.8. The lowest BCUT2D eigenvalue weighted by molar-refractivity contribution is -0.145. The van der Waals surface area contributed by atoms with Gasteiger partial charge in [0.05, 0.1) is 18.1 Å². The van der Waals surface area contributed by atoms with Crippen LogP contribution in [-0.2, 0) is 4.79 Å². The van der Waals surface area contributed by atoms with Gasteiger partial charge in [-0.05, 0) is 43.7 Å². The highest BCUT2D eigenvalue weighted by Crippen LogP contribution is 2.31. The van der Waals surface area contributed by atoms with Crippen LogP contribution in [0.3, 0.4) is 0 Å². The van der Waals surface area contributed by atoms with Crippen molar-refractivity contribution < 1.29 is 19.4 Å². The number of aliphatic carboxylic acids is 1. The van der Waals surface area contributed by atoms with Crippen molar-refractivity contribution in [2.75, 3.05) is 6.61 Å². The standard InChI is InChI=1S/C16H19NO4/c18-15(17-12-7-11(8-12)16(19)20)13-3-1-2-4-14(13)21-9-10-5-6-10/h1-4,10-12H,5-9H2,(H,17,18)(H,19,20). The zero-order valence-electron chi connectivity index (χ0n) is 11.7. The van der Waals surface area contributed by atoms with E-state index >= 15 is 0 Å². The van der Waals surface area contributed by atoms with Crippen molar-refractivity contribution in [3.05, 3.63) is 29.8 Å². The van der Waals surface area contributed by atoms with Crippen molar-refractivity contribution in [3.8, 4) is 5.75 Å². The molecule has 0 heterocycles.